The number of aromatic carboxylic acids is 1. The first-order chi connectivity index (χ1) is 10.2. The van der Waals surface area contributed by atoms with Crippen LogP contribution in [0.1, 0.15) is 23.3 Å². The maximum absolute atomic E-state index is 11.6. The summed E-state index contributed by atoms with van der Waals surface area (Å²) in [4.78, 5) is 18.0. The summed E-state index contributed by atoms with van der Waals surface area (Å²) in [5, 5.41) is 9.50. The number of imidazole rings is 1. The molecule has 1 atom stereocenters. The molecule has 1 saturated heterocycles. The van der Waals surface area contributed by atoms with Gasteiger partial charge in [-0.05, 0) is 30.9 Å². The molecular formula is C15H19N3O3. The summed E-state index contributed by atoms with van der Waals surface area (Å²) in [5.74, 6) is -0.0232. The molecule has 0 bridgehead atoms. The molecule has 0 aliphatic carbocycles. The molecule has 0 aromatic carbocycles. The number of hydrogen-bond acceptors (Lipinski definition) is 4. The van der Waals surface area contributed by atoms with Crippen molar-refractivity contribution >= 4 is 17.4 Å². The molecule has 1 N–H and O–H groups in total. The van der Waals surface area contributed by atoms with Crippen LogP contribution in [0, 0.1) is 5.92 Å². The first kappa shape index (κ1) is 13.9. The average molecular weight is 289 g/mol. The Hall–Kier alpha value is -2.08. The van der Waals surface area contributed by atoms with Crippen molar-refractivity contribution in [2.45, 2.75) is 12.8 Å². The number of ether oxygens (including phenoxy) is 1. The minimum atomic E-state index is -0.963. The lowest BCUT2D eigenvalue weighted by molar-refractivity contribution is 0.0575. The predicted molar refractivity (Wildman–Crippen MR) is 79.0 cm³/mol. The number of carboxylic acids is 1. The highest BCUT2D eigenvalue weighted by atomic mass is 16.5. The Bertz CT molecular complexity index is 647. The summed E-state index contributed by atoms with van der Waals surface area (Å²) >= 11 is 0. The SMILES string of the molecule is CN(CC1CCCOC1)c1nc2ccccn2c1C(=O)O. The zero-order valence-electron chi connectivity index (χ0n) is 12.0. The standard InChI is InChI=1S/C15H19N3O3/c1-17(9-11-5-4-8-21-10-11)14-13(15(19)20)18-7-3-2-6-12(18)16-14/h2-3,6-7,11H,4-5,8-10H2,1H3,(H,19,20). The van der Waals surface area contributed by atoms with Crippen LogP contribution in [0.4, 0.5) is 5.82 Å². The molecule has 1 unspecified atom stereocenters. The fourth-order valence-corrected chi connectivity index (χ4v) is 2.87. The lowest BCUT2D eigenvalue weighted by Crippen LogP contribution is -2.31. The van der Waals surface area contributed by atoms with E-state index in [4.69, 9.17) is 4.74 Å². The third-order valence-electron chi connectivity index (χ3n) is 3.86. The molecule has 1 fully saturated rings. The fraction of sp³-hybridized carbons (Fsp3) is 0.467. The molecule has 3 heterocycles. The Morgan fingerprint density at radius 1 is 1.57 bits per heavy atom. The van der Waals surface area contributed by atoms with Gasteiger partial charge in [-0.3, -0.25) is 4.40 Å². The Kier molecular flexibility index (Phi) is 3.79. The smallest absolute Gasteiger partial charge is 0.356 e. The van der Waals surface area contributed by atoms with Crippen molar-refractivity contribution in [3.05, 3.63) is 30.1 Å². The van der Waals surface area contributed by atoms with Gasteiger partial charge in [-0.2, -0.15) is 0 Å². The van der Waals surface area contributed by atoms with Crippen molar-refractivity contribution in [1.29, 1.82) is 0 Å². The number of hydrogen-bond donors (Lipinski definition) is 1. The topological polar surface area (TPSA) is 67.1 Å². The van der Waals surface area contributed by atoms with E-state index >= 15 is 0 Å². The van der Waals surface area contributed by atoms with Crippen LogP contribution in [-0.4, -0.2) is 47.3 Å². The zero-order chi connectivity index (χ0) is 14.8. The molecule has 112 valence electrons. The number of carboxylic acid groups (broad SMARTS) is 1. The minimum absolute atomic E-state index is 0.213. The molecule has 0 radical (unpaired) electrons. The monoisotopic (exact) mass is 289 g/mol. The van der Waals surface area contributed by atoms with E-state index in [9.17, 15) is 9.90 Å². The van der Waals surface area contributed by atoms with E-state index in [1.54, 1.807) is 16.7 Å². The Balaban J connectivity index is 1.91. The van der Waals surface area contributed by atoms with Crippen LogP contribution in [0.3, 0.4) is 0 Å². The molecular weight excluding hydrogens is 270 g/mol. The maximum atomic E-state index is 11.6. The highest BCUT2D eigenvalue weighted by molar-refractivity contribution is 5.93. The molecule has 3 rings (SSSR count). The molecule has 2 aromatic heterocycles. The van der Waals surface area contributed by atoms with Gasteiger partial charge in [-0.25, -0.2) is 9.78 Å². The van der Waals surface area contributed by atoms with Gasteiger partial charge in [0.1, 0.15) is 5.65 Å². The van der Waals surface area contributed by atoms with Crippen molar-refractivity contribution in [1.82, 2.24) is 9.38 Å². The quantitative estimate of drug-likeness (QED) is 0.931. The van der Waals surface area contributed by atoms with Crippen LogP contribution in [0.15, 0.2) is 24.4 Å². The molecule has 0 saturated carbocycles. The molecule has 6 nitrogen and oxygen atoms in total. The van der Waals surface area contributed by atoms with Gasteiger partial charge in [-0.15, -0.1) is 0 Å². The fourth-order valence-electron chi connectivity index (χ4n) is 2.87. The summed E-state index contributed by atoms with van der Waals surface area (Å²) < 4.78 is 7.10. The van der Waals surface area contributed by atoms with Gasteiger partial charge in [-0.1, -0.05) is 6.07 Å². The number of anilines is 1. The maximum Gasteiger partial charge on any atom is 0.356 e. The summed E-state index contributed by atoms with van der Waals surface area (Å²) in [7, 11) is 1.89. The molecule has 1 aliphatic heterocycles. The third kappa shape index (κ3) is 2.71. The molecule has 0 amide bonds. The van der Waals surface area contributed by atoms with Gasteiger partial charge in [0.2, 0.25) is 0 Å². The van der Waals surface area contributed by atoms with Crippen molar-refractivity contribution in [3.8, 4) is 0 Å². The van der Waals surface area contributed by atoms with Crippen LogP contribution in [-0.2, 0) is 4.74 Å². The van der Waals surface area contributed by atoms with Gasteiger partial charge < -0.3 is 14.7 Å². The van der Waals surface area contributed by atoms with Crippen LogP contribution in [0.5, 0.6) is 0 Å². The second-order valence-corrected chi connectivity index (χ2v) is 5.48. The second-order valence-electron chi connectivity index (χ2n) is 5.48. The van der Waals surface area contributed by atoms with Gasteiger partial charge in [0.15, 0.2) is 11.5 Å². The highest BCUT2D eigenvalue weighted by Crippen LogP contribution is 2.23. The molecule has 6 heteroatoms. The number of pyridine rings is 1. The highest BCUT2D eigenvalue weighted by Gasteiger charge is 2.24. The predicted octanol–water partition coefficient (Wildman–Crippen LogP) is 1.90. The van der Waals surface area contributed by atoms with E-state index in [-0.39, 0.29) is 5.69 Å². The van der Waals surface area contributed by atoms with Crippen molar-refractivity contribution in [2.75, 3.05) is 31.7 Å². The summed E-state index contributed by atoms with van der Waals surface area (Å²) in [6.07, 6.45) is 3.91. The summed E-state index contributed by atoms with van der Waals surface area (Å²) in [6, 6.07) is 5.47. The first-order valence-corrected chi connectivity index (χ1v) is 7.16. The molecule has 2 aromatic rings. The van der Waals surface area contributed by atoms with E-state index in [2.05, 4.69) is 4.98 Å². The first-order valence-electron chi connectivity index (χ1n) is 7.16. The number of aromatic nitrogens is 2. The van der Waals surface area contributed by atoms with Crippen LogP contribution < -0.4 is 4.90 Å². The van der Waals surface area contributed by atoms with Crippen LogP contribution in [0.25, 0.3) is 5.65 Å². The number of nitrogens with zero attached hydrogens (tertiary/aromatic N) is 3. The Morgan fingerprint density at radius 3 is 3.14 bits per heavy atom. The average Bonchev–Trinajstić information content (AvgIpc) is 2.88. The van der Waals surface area contributed by atoms with Crippen molar-refractivity contribution in [2.24, 2.45) is 5.92 Å². The van der Waals surface area contributed by atoms with E-state index < -0.39 is 5.97 Å². The van der Waals surface area contributed by atoms with E-state index in [0.29, 0.717) is 17.4 Å². The van der Waals surface area contributed by atoms with Gasteiger partial charge in [0.25, 0.3) is 0 Å². The summed E-state index contributed by atoms with van der Waals surface area (Å²) in [6.45, 7) is 2.32. The largest absolute Gasteiger partial charge is 0.476 e. The lowest BCUT2D eigenvalue weighted by atomic mass is 10.0. The lowest BCUT2D eigenvalue weighted by Gasteiger charge is -2.27. The van der Waals surface area contributed by atoms with Crippen LogP contribution >= 0.6 is 0 Å². The van der Waals surface area contributed by atoms with Gasteiger partial charge in [0.05, 0.1) is 6.61 Å². The van der Waals surface area contributed by atoms with E-state index in [1.165, 1.54) is 0 Å². The Labute approximate surface area is 123 Å². The van der Waals surface area contributed by atoms with E-state index in [0.717, 1.165) is 32.6 Å². The van der Waals surface area contributed by atoms with Crippen molar-refractivity contribution in [3.63, 3.8) is 0 Å². The second kappa shape index (κ2) is 5.73. The van der Waals surface area contributed by atoms with Crippen molar-refractivity contribution < 1.29 is 14.6 Å². The molecule has 1 aliphatic rings. The normalized spacial score (nSPS) is 18.8. The third-order valence-corrected chi connectivity index (χ3v) is 3.86. The molecule has 21 heavy (non-hydrogen) atoms. The minimum Gasteiger partial charge on any atom is -0.476 e. The number of rotatable bonds is 4. The van der Waals surface area contributed by atoms with Gasteiger partial charge in [0, 0.05) is 26.4 Å². The number of fused-ring (bicyclic) bond motifs is 1. The van der Waals surface area contributed by atoms with E-state index in [1.807, 2.05) is 24.1 Å². The molecule has 0 spiro atoms. The number of carbonyl (C=O) groups is 1. The Morgan fingerprint density at radius 2 is 2.43 bits per heavy atom. The summed E-state index contributed by atoms with van der Waals surface area (Å²) in [5.41, 5.74) is 0.862. The zero-order valence-corrected chi connectivity index (χ0v) is 12.0. The van der Waals surface area contributed by atoms with Crippen LogP contribution in [0.2, 0.25) is 0 Å². The van der Waals surface area contributed by atoms with Gasteiger partial charge >= 0.3 is 5.97 Å².